The Morgan fingerprint density at radius 3 is 1.81 bits per heavy atom. The highest BCUT2D eigenvalue weighted by Crippen LogP contribution is 2.50. The van der Waals surface area contributed by atoms with Crippen LogP contribution in [0.5, 0.6) is 11.5 Å². The summed E-state index contributed by atoms with van der Waals surface area (Å²) in [5.41, 5.74) is -7.45. The van der Waals surface area contributed by atoms with Crippen LogP contribution < -0.4 is 20.1 Å². The molecule has 394 valence electrons. The van der Waals surface area contributed by atoms with Gasteiger partial charge in [-0.05, 0) is 74.4 Å². The third-order valence-electron chi connectivity index (χ3n) is 11.7. The molecule has 3 aromatic carbocycles. The van der Waals surface area contributed by atoms with Gasteiger partial charge in [0.05, 0.1) is 17.5 Å². The molecule has 1 unspecified atom stereocenters. The van der Waals surface area contributed by atoms with E-state index in [1.807, 2.05) is 60.7 Å². The Hall–Kier alpha value is -7.96. The van der Waals surface area contributed by atoms with Crippen LogP contribution in [0.15, 0.2) is 83.3 Å². The van der Waals surface area contributed by atoms with Crippen LogP contribution in [-0.4, -0.2) is 128 Å². The molecular formula is C51H52N6O17S. The van der Waals surface area contributed by atoms with Crippen molar-refractivity contribution >= 4 is 69.8 Å². The van der Waals surface area contributed by atoms with Gasteiger partial charge in [-0.2, -0.15) is 5.06 Å². The molecule has 5 aliphatic heterocycles. The van der Waals surface area contributed by atoms with Crippen molar-refractivity contribution in [2.24, 2.45) is 5.16 Å². The Balaban J connectivity index is 0.974. The Morgan fingerprint density at radius 2 is 1.29 bits per heavy atom. The predicted molar refractivity (Wildman–Crippen MR) is 259 cm³/mol. The molecule has 0 spiro atoms. The van der Waals surface area contributed by atoms with E-state index < -0.39 is 112 Å². The number of hydrogen-bond acceptors (Lipinski definition) is 20. The number of cyclic esters (lactones) is 1. The summed E-state index contributed by atoms with van der Waals surface area (Å²) in [6.45, 7) is 13.2. The summed E-state index contributed by atoms with van der Waals surface area (Å²) >= 11 is 0.875. The fourth-order valence-corrected chi connectivity index (χ4v) is 9.02. The smallest absolute Gasteiger partial charge is 0.413 e. The minimum absolute atomic E-state index is 0.0334. The predicted octanol–water partition coefficient (Wildman–Crippen LogP) is 4.90. The fourth-order valence-electron chi connectivity index (χ4n) is 8.34. The van der Waals surface area contributed by atoms with Crippen molar-refractivity contribution in [2.75, 3.05) is 25.1 Å². The number of benzene rings is 3. The van der Waals surface area contributed by atoms with Crippen molar-refractivity contribution < 1.29 is 81.2 Å². The lowest BCUT2D eigenvalue weighted by molar-refractivity contribution is -0.263. The third kappa shape index (κ3) is 9.94. The number of ether oxygens (including phenoxy) is 7. The quantitative estimate of drug-likeness (QED) is 0.0627. The van der Waals surface area contributed by atoms with Crippen LogP contribution in [-0.2, 0) is 63.1 Å². The van der Waals surface area contributed by atoms with E-state index in [9.17, 15) is 38.4 Å². The topological polar surface area (TPSA) is 275 Å². The van der Waals surface area contributed by atoms with Crippen molar-refractivity contribution in [3.8, 4) is 11.5 Å². The second-order valence-electron chi connectivity index (χ2n) is 20.9. The monoisotopic (exact) mass is 1050 g/mol. The number of hydroxylamine groups is 2. The first-order chi connectivity index (χ1) is 35.2. The first-order valence-electron chi connectivity index (χ1n) is 23.5. The molecule has 5 aliphatic rings. The van der Waals surface area contributed by atoms with Crippen LogP contribution in [0.25, 0.3) is 0 Å². The van der Waals surface area contributed by atoms with Crippen LogP contribution in [0, 0.1) is 0 Å². The molecule has 3 fully saturated rings. The van der Waals surface area contributed by atoms with Crippen LogP contribution >= 0.6 is 11.3 Å². The normalized spacial score (nSPS) is 21.7. The van der Waals surface area contributed by atoms with Gasteiger partial charge in [0.2, 0.25) is 0 Å². The van der Waals surface area contributed by atoms with E-state index in [1.165, 1.54) is 38.3 Å². The number of carbonyl (C=O) groups is 8. The number of nitrogens with one attached hydrogen (secondary N) is 2. The van der Waals surface area contributed by atoms with Crippen LogP contribution in [0.3, 0.4) is 0 Å². The SMILES string of the molecule is CC(C)(C)OC(=O)Nc1nc(/C(=N/OC2(C(=O)OC(C)(C)C)COC2)C(=O)N[C@H]2CON(C3(C(=O)OC(C)(C)C)C[C@H](N4C(=O)c5cc6c(cc5C4=O)OC(c4ccccc4)(c4ccccc4)O6)C(=O)O3)C2=O)cs1. The van der Waals surface area contributed by atoms with E-state index in [1.54, 1.807) is 41.5 Å². The second kappa shape index (κ2) is 18.8. The molecule has 24 heteroatoms. The minimum atomic E-state index is -2.76. The molecule has 3 atom stereocenters. The maximum Gasteiger partial charge on any atom is 0.413 e. The number of rotatable bonds is 12. The summed E-state index contributed by atoms with van der Waals surface area (Å²) < 4.78 is 40.5. The van der Waals surface area contributed by atoms with Crippen molar-refractivity contribution in [2.45, 2.75) is 115 Å². The van der Waals surface area contributed by atoms with Gasteiger partial charge >= 0.3 is 35.5 Å². The lowest BCUT2D eigenvalue weighted by Crippen LogP contribution is -2.59. The van der Waals surface area contributed by atoms with Crippen LogP contribution in [0.4, 0.5) is 9.93 Å². The molecule has 0 aliphatic carbocycles. The molecule has 0 bridgehead atoms. The number of esters is 3. The van der Waals surface area contributed by atoms with Crippen LogP contribution in [0.1, 0.15) is 106 Å². The molecule has 4 aromatic rings. The van der Waals surface area contributed by atoms with Gasteiger partial charge in [0.25, 0.3) is 29.2 Å². The van der Waals surface area contributed by atoms with Gasteiger partial charge in [-0.15, -0.1) is 11.3 Å². The van der Waals surface area contributed by atoms with E-state index in [0.717, 1.165) is 11.3 Å². The van der Waals surface area contributed by atoms with E-state index in [4.69, 9.17) is 42.8 Å². The van der Waals surface area contributed by atoms with E-state index in [2.05, 4.69) is 20.8 Å². The summed E-state index contributed by atoms with van der Waals surface area (Å²) in [7, 11) is 0. The minimum Gasteiger partial charge on any atom is -0.457 e. The average molecular weight is 1050 g/mol. The highest BCUT2D eigenvalue weighted by atomic mass is 32.1. The second-order valence-corrected chi connectivity index (χ2v) is 21.8. The van der Waals surface area contributed by atoms with Crippen molar-refractivity contribution in [3.63, 3.8) is 0 Å². The molecule has 6 heterocycles. The zero-order valence-electron chi connectivity index (χ0n) is 42.1. The van der Waals surface area contributed by atoms with Crippen LogP contribution in [0.2, 0.25) is 0 Å². The number of fused-ring (bicyclic) bond motifs is 2. The van der Waals surface area contributed by atoms with Crippen molar-refractivity contribution in [1.29, 1.82) is 0 Å². The van der Waals surface area contributed by atoms with Gasteiger partial charge in [-0.1, -0.05) is 65.8 Å². The zero-order chi connectivity index (χ0) is 54.0. The van der Waals surface area contributed by atoms with E-state index in [-0.39, 0.29) is 46.7 Å². The lowest BCUT2D eigenvalue weighted by Gasteiger charge is -2.37. The first kappa shape index (κ1) is 51.9. The highest BCUT2D eigenvalue weighted by Gasteiger charge is 2.66. The zero-order valence-corrected chi connectivity index (χ0v) is 42.9. The Morgan fingerprint density at radius 1 is 0.747 bits per heavy atom. The third-order valence-corrected chi connectivity index (χ3v) is 12.4. The van der Waals surface area contributed by atoms with E-state index in [0.29, 0.717) is 21.1 Å². The molecule has 75 heavy (non-hydrogen) atoms. The number of aromatic nitrogens is 1. The van der Waals surface area contributed by atoms with Gasteiger partial charge in [-0.25, -0.2) is 24.2 Å². The molecule has 3 saturated heterocycles. The number of imide groups is 1. The Labute approximate surface area is 432 Å². The Kier molecular flexibility index (Phi) is 13.0. The largest absolute Gasteiger partial charge is 0.457 e. The number of thiazole rings is 1. The summed E-state index contributed by atoms with van der Waals surface area (Å²) in [5.74, 6) is -8.81. The average Bonchev–Trinajstić information content (AvgIpc) is 4.14. The number of oxime groups is 1. The molecule has 2 N–H and O–H groups in total. The molecular weight excluding hydrogens is 1000 g/mol. The fraction of sp³-hybridized carbons (Fsp3) is 0.412. The van der Waals surface area contributed by atoms with Gasteiger partial charge in [0.1, 0.15) is 54.4 Å². The van der Waals surface area contributed by atoms with Gasteiger partial charge in [0.15, 0.2) is 22.3 Å². The van der Waals surface area contributed by atoms with Gasteiger partial charge in [0, 0.05) is 16.5 Å². The highest BCUT2D eigenvalue weighted by molar-refractivity contribution is 7.14. The van der Waals surface area contributed by atoms with Crippen molar-refractivity contribution in [3.05, 3.63) is 106 Å². The number of carbonyl (C=O) groups excluding carboxylic acids is 8. The maximum atomic E-state index is 14.5. The van der Waals surface area contributed by atoms with Crippen molar-refractivity contribution in [1.82, 2.24) is 20.3 Å². The van der Waals surface area contributed by atoms with Gasteiger partial charge < -0.3 is 43.3 Å². The number of anilines is 1. The summed E-state index contributed by atoms with van der Waals surface area (Å²) in [5, 5.41) is 10.7. The molecule has 5 amide bonds. The first-order valence-corrected chi connectivity index (χ1v) is 24.4. The Bertz CT molecular complexity index is 2960. The van der Waals surface area contributed by atoms with E-state index >= 15 is 0 Å². The molecule has 23 nitrogen and oxygen atoms in total. The molecule has 1 aromatic heterocycles. The number of amides is 5. The molecule has 9 rings (SSSR count). The summed E-state index contributed by atoms with van der Waals surface area (Å²) in [6, 6.07) is 17.3. The maximum absolute atomic E-state index is 14.5. The van der Waals surface area contributed by atoms with Gasteiger partial charge in [-0.3, -0.25) is 34.2 Å². The molecule has 0 saturated carbocycles. The molecule has 0 radical (unpaired) electrons. The standard InChI is InChI=1S/C51H52N6O17S/c1-46(2,3)71-42(63)49(25-66-26-49)74-55-36(32-24-75-44(53-32)54-45(65)73-48(7,8)9)37(58)52-31-23-67-57(40(31)61)50(43(64)72-47(4,5)6)22-33(41(62)70-50)56-38(59)29-20-34-35(21-30(29)39(56)60)69-51(68-34,27-16-12-10-13-17-27)28-18-14-11-15-19-28/h10-21,24,31,33H,22-23,25-26H2,1-9H3,(H,52,58)(H,53,54,65)/b55-36-/t31-,33-,50?/m0/s1. The number of nitrogens with zero attached hydrogens (tertiary/aromatic N) is 4. The summed E-state index contributed by atoms with van der Waals surface area (Å²) in [4.78, 5) is 128. The summed E-state index contributed by atoms with van der Waals surface area (Å²) in [6.07, 6.45) is -1.72. The lowest BCUT2D eigenvalue weighted by atomic mass is 9.97. The number of hydrogen-bond donors (Lipinski definition) is 2.